The third-order valence-electron chi connectivity index (χ3n) is 3.51. The summed E-state index contributed by atoms with van der Waals surface area (Å²) >= 11 is 5.96. The molecule has 0 amide bonds. The van der Waals surface area contributed by atoms with Crippen LogP contribution in [-0.2, 0) is 0 Å². The lowest BCUT2D eigenvalue weighted by atomic mass is 9.96. The first kappa shape index (κ1) is 13.6. The van der Waals surface area contributed by atoms with Gasteiger partial charge in [-0.25, -0.2) is 9.99 Å². The van der Waals surface area contributed by atoms with E-state index in [1.807, 2.05) is 19.3 Å². The Balaban J connectivity index is 2.18. The van der Waals surface area contributed by atoms with Crippen LogP contribution >= 0.6 is 11.6 Å². The zero-order chi connectivity index (χ0) is 13.0. The molecule has 1 aromatic heterocycles. The van der Waals surface area contributed by atoms with E-state index in [4.69, 9.17) is 16.3 Å². The Kier molecular flexibility index (Phi) is 4.80. The number of hydrogen-bond donors (Lipinski definition) is 1. The van der Waals surface area contributed by atoms with E-state index in [2.05, 4.69) is 15.4 Å². The minimum absolute atomic E-state index is 0.431. The molecule has 0 unspecified atom stereocenters. The Hall–Kier alpha value is -0.840. The Labute approximate surface area is 113 Å². The van der Waals surface area contributed by atoms with Gasteiger partial charge in [-0.15, -0.1) is 0 Å². The Morgan fingerprint density at radius 2 is 2.33 bits per heavy atom. The third kappa shape index (κ3) is 3.13. The zero-order valence-electron chi connectivity index (χ0n) is 10.9. The van der Waals surface area contributed by atoms with E-state index in [9.17, 15) is 0 Å². The van der Waals surface area contributed by atoms with Gasteiger partial charge < -0.3 is 4.74 Å². The van der Waals surface area contributed by atoms with E-state index < -0.39 is 0 Å². The van der Waals surface area contributed by atoms with Crippen LogP contribution in [0.4, 0.5) is 0 Å². The first-order chi connectivity index (χ1) is 8.74. The smallest absolute Gasteiger partial charge is 0.171 e. The van der Waals surface area contributed by atoms with Crippen molar-refractivity contribution in [2.75, 3.05) is 27.2 Å². The predicted molar refractivity (Wildman–Crippen MR) is 73.0 cm³/mol. The molecular weight excluding hydrogens is 250 g/mol. The molecule has 1 aliphatic rings. The first-order valence-electron chi connectivity index (χ1n) is 6.36. The topological polar surface area (TPSA) is 37.4 Å². The number of hydrogen-bond acceptors (Lipinski definition) is 4. The number of hydrazine groups is 1. The van der Waals surface area contributed by atoms with E-state index in [-0.39, 0.29) is 0 Å². The summed E-state index contributed by atoms with van der Waals surface area (Å²) in [6.07, 6.45) is 5.53. The molecule has 1 N–H and O–H groups in total. The summed E-state index contributed by atoms with van der Waals surface area (Å²) in [5.74, 6) is 1.15. The molecule has 1 atom stereocenters. The Bertz CT molecular complexity index is 400. The standard InChI is InChI=1S/C13H20ClN3O/c1-15-17-6-4-3-5-10(9-17)11-7-12(18-2)13(14)16-8-11/h7-8,10,15H,3-6,9H2,1-2H3/t10-/m1/s1. The van der Waals surface area contributed by atoms with Gasteiger partial charge in [0.05, 0.1) is 7.11 Å². The highest BCUT2D eigenvalue weighted by Crippen LogP contribution is 2.30. The van der Waals surface area contributed by atoms with Crippen LogP contribution in [0.2, 0.25) is 5.15 Å². The SMILES string of the molecule is CNN1CCCC[C@@H](c2cnc(Cl)c(OC)c2)C1. The van der Waals surface area contributed by atoms with Gasteiger partial charge in [0.1, 0.15) is 0 Å². The van der Waals surface area contributed by atoms with Crippen LogP contribution in [0, 0.1) is 0 Å². The van der Waals surface area contributed by atoms with Crippen LogP contribution < -0.4 is 10.2 Å². The summed E-state index contributed by atoms with van der Waals surface area (Å²) in [5.41, 5.74) is 4.45. The summed E-state index contributed by atoms with van der Waals surface area (Å²) in [4.78, 5) is 4.21. The molecule has 1 aromatic rings. The predicted octanol–water partition coefficient (Wildman–Crippen LogP) is 2.45. The van der Waals surface area contributed by atoms with Gasteiger partial charge in [0.15, 0.2) is 10.9 Å². The number of methoxy groups -OCH3 is 1. The Morgan fingerprint density at radius 3 is 3.06 bits per heavy atom. The molecular formula is C13H20ClN3O. The summed E-state index contributed by atoms with van der Waals surface area (Å²) < 4.78 is 5.24. The van der Waals surface area contributed by atoms with Crippen molar-refractivity contribution < 1.29 is 4.74 Å². The van der Waals surface area contributed by atoms with Crippen molar-refractivity contribution in [2.45, 2.75) is 25.2 Å². The summed E-state index contributed by atoms with van der Waals surface area (Å²) in [6, 6.07) is 2.01. The van der Waals surface area contributed by atoms with E-state index in [0.717, 1.165) is 13.1 Å². The van der Waals surface area contributed by atoms with Crippen LogP contribution in [0.25, 0.3) is 0 Å². The van der Waals surface area contributed by atoms with Crippen molar-refractivity contribution >= 4 is 11.6 Å². The average Bonchev–Trinajstić information content (AvgIpc) is 2.64. The maximum Gasteiger partial charge on any atom is 0.171 e. The van der Waals surface area contributed by atoms with Crippen LogP contribution in [0.15, 0.2) is 12.3 Å². The fourth-order valence-corrected chi connectivity index (χ4v) is 2.61. The van der Waals surface area contributed by atoms with Crippen molar-refractivity contribution in [3.8, 4) is 5.75 Å². The van der Waals surface area contributed by atoms with Gasteiger partial charge in [0, 0.05) is 19.3 Å². The molecule has 5 heteroatoms. The first-order valence-corrected chi connectivity index (χ1v) is 6.74. The molecule has 18 heavy (non-hydrogen) atoms. The summed E-state index contributed by atoms with van der Waals surface area (Å²) in [5, 5.41) is 2.69. The maximum atomic E-state index is 5.96. The minimum atomic E-state index is 0.431. The highest BCUT2D eigenvalue weighted by molar-refractivity contribution is 6.30. The second kappa shape index (κ2) is 6.36. The largest absolute Gasteiger partial charge is 0.494 e. The lowest BCUT2D eigenvalue weighted by Gasteiger charge is -2.23. The molecule has 4 nitrogen and oxygen atoms in total. The molecule has 0 radical (unpaired) electrons. The third-order valence-corrected chi connectivity index (χ3v) is 3.79. The molecule has 2 heterocycles. The van der Waals surface area contributed by atoms with Gasteiger partial charge >= 0.3 is 0 Å². The van der Waals surface area contributed by atoms with Crippen molar-refractivity contribution in [2.24, 2.45) is 0 Å². The molecule has 1 fully saturated rings. The van der Waals surface area contributed by atoms with Crippen LogP contribution in [0.3, 0.4) is 0 Å². The monoisotopic (exact) mass is 269 g/mol. The average molecular weight is 270 g/mol. The molecule has 0 saturated carbocycles. The number of halogens is 1. The molecule has 0 aliphatic carbocycles. The van der Waals surface area contributed by atoms with Crippen LogP contribution in [0.5, 0.6) is 5.75 Å². The van der Waals surface area contributed by atoms with Gasteiger partial charge in [-0.2, -0.15) is 0 Å². The molecule has 1 saturated heterocycles. The summed E-state index contributed by atoms with van der Waals surface area (Å²) in [6.45, 7) is 2.11. The van der Waals surface area contributed by atoms with Crippen molar-refractivity contribution in [1.82, 2.24) is 15.4 Å². The van der Waals surface area contributed by atoms with Gasteiger partial charge in [-0.3, -0.25) is 5.43 Å². The van der Waals surface area contributed by atoms with Crippen LogP contribution in [0.1, 0.15) is 30.7 Å². The van der Waals surface area contributed by atoms with Crippen molar-refractivity contribution in [3.63, 3.8) is 0 Å². The number of nitrogens with one attached hydrogen (secondary N) is 1. The fourth-order valence-electron chi connectivity index (χ4n) is 2.43. The van der Waals surface area contributed by atoms with Crippen molar-refractivity contribution in [3.05, 3.63) is 23.0 Å². The zero-order valence-corrected chi connectivity index (χ0v) is 11.7. The molecule has 0 bridgehead atoms. The minimum Gasteiger partial charge on any atom is -0.494 e. The van der Waals surface area contributed by atoms with Gasteiger partial charge in [0.25, 0.3) is 0 Å². The molecule has 1 aliphatic heterocycles. The fraction of sp³-hybridized carbons (Fsp3) is 0.615. The van der Waals surface area contributed by atoms with E-state index in [0.29, 0.717) is 16.8 Å². The second-order valence-corrected chi connectivity index (χ2v) is 4.98. The molecule has 2 rings (SSSR count). The number of aromatic nitrogens is 1. The van der Waals surface area contributed by atoms with E-state index >= 15 is 0 Å². The van der Waals surface area contributed by atoms with Crippen LogP contribution in [-0.4, -0.2) is 37.2 Å². The lowest BCUT2D eigenvalue weighted by Crippen LogP contribution is -2.37. The van der Waals surface area contributed by atoms with Gasteiger partial charge in [-0.1, -0.05) is 18.0 Å². The number of ether oxygens (including phenoxy) is 1. The number of rotatable bonds is 3. The van der Waals surface area contributed by atoms with Gasteiger partial charge in [-0.05, 0) is 37.4 Å². The van der Waals surface area contributed by atoms with Crippen molar-refractivity contribution in [1.29, 1.82) is 0 Å². The quantitative estimate of drug-likeness (QED) is 0.856. The molecule has 0 spiro atoms. The number of pyridine rings is 1. The Morgan fingerprint density at radius 1 is 1.50 bits per heavy atom. The highest BCUT2D eigenvalue weighted by atomic mass is 35.5. The highest BCUT2D eigenvalue weighted by Gasteiger charge is 2.20. The van der Waals surface area contributed by atoms with E-state index in [1.54, 1.807) is 7.11 Å². The lowest BCUT2D eigenvalue weighted by molar-refractivity contribution is 0.207. The van der Waals surface area contributed by atoms with E-state index in [1.165, 1.54) is 24.8 Å². The summed E-state index contributed by atoms with van der Waals surface area (Å²) in [7, 11) is 3.60. The normalized spacial score (nSPS) is 21.6. The van der Waals surface area contributed by atoms with Gasteiger partial charge in [0.2, 0.25) is 0 Å². The number of nitrogens with zero attached hydrogens (tertiary/aromatic N) is 2. The maximum absolute atomic E-state index is 5.96. The second-order valence-electron chi connectivity index (χ2n) is 4.62. The molecule has 100 valence electrons. The molecule has 0 aromatic carbocycles.